The number of halogens is 1. The summed E-state index contributed by atoms with van der Waals surface area (Å²) in [5.74, 6) is 1.77. The number of aromatic nitrogens is 1. The van der Waals surface area contributed by atoms with E-state index in [9.17, 15) is 9.59 Å². The van der Waals surface area contributed by atoms with Crippen molar-refractivity contribution < 1.29 is 23.8 Å². The number of aryl methyl sites for hydroxylation is 1. The van der Waals surface area contributed by atoms with Crippen molar-refractivity contribution in [1.82, 2.24) is 14.4 Å². The Morgan fingerprint density at radius 3 is 2.31 bits per heavy atom. The first-order valence-electron chi connectivity index (χ1n) is 16.2. The van der Waals surface area contributed by atoms with Gasteiger partial charge in [-0.05, 0) is 74.4 Å². The summed E-state index contributed by atoms with van der Waals surface area (Å²) in [5.41, 5.74) is 6.66. The molecular weight excluding hydrogens is 590 g/mol. The number of hydrogen-bond donors (Lipinski definition) is 0. The molecule has 3 aliphatic rings. The smallest absolute Gasteiger partial charge is 0.340 e. The second-order valence-electron chi connectivity index (χ2n) is 12.3. The molecule has 0 radical (unpaired) electrons. The Kier molecular flexibility index (Phi) is 10.4. The maximum Gasteiger partial charge on any atom is 0.340 e. The van der Waals surface area contributed by atoms with Gasteiger partial charge in [-0.15, -0.1) is 12.4 Å². The number of esters is 1. The van der Waals surface area contributed by atoms with E-state index < -0.39 is 0 Å². The SMILES string of the molecule is CCOC(=O)c1c(-c2cccc(C(=O)N3CCN(CC4CCCCC4)CC3)c2)c(C)n2c1-c1cc(OC)c(OC)cc1CC2.Cl. The second-order valence-corrected chi connectivity index (χ2v) is 12.3. The van der Waals surface area contributed by atoms with Gasteiger partial charge in [0.05, 0.1) is 32.1 Å². The van der Waals surface area contributed by atoms with Gasteiger partial charge < -0.3 is 23.7 Å². The third kappa shape index (κ3) is 6.45. The number of nitrogens with zero attached hydrogens (tertiary/aromatic N) is 3. The van der Waals surface area contributed by atoms with Crippen molar-refractivity contribution in [2.45, 2.75) is 58.9 Å². The maximum atomic E-state index is 13.8. The number of rotatable bonds is 8. The highest BCUT2D eigenvalue weighted by atomic mass is 35.5. The summed E-state index contributed by atoms with van der Waals surface area (Å²) in [5, 5.41) is 0. The third-order valence-electron chi connectivity index (χ3n) is 9.77. The summed E-state index contributed by atoms with van der Waals surface area (Å²) in [7, 11) is 3.25. The van der Waals surface area contributed by atoms with Crippen LogP contribution in [0.5, 0.6) is 11.5 Å². The standard InChI is InChI=1S/C36H45N3O5.ClH/c1-5-44-36(41)33-32(24(2)39-15-14-26-21-30(42-3)31(43-4)22-29(26)34(33)39)27-12-9-13-28(20-27)35(40)38-18-16-37(17-19-38)23-25-10-7-6-8-11-25;/h9,12-13,20-22,25H,5-8,10-11,14-19,23H2,1-4H3;1H. The van der Waals surface area contributed by atoms with Crippen molar-refractivity contribution in [1.29, 1.82) is 0 Å². The first-order valence-corrected chi connectivity index (χ1v) is 16.2. The zero-order valence-corrected chi connectivity index (χ0v) is 27.8. The van der Waals surface area contributed by atoms with E-state index in [1.165, 1.54) is 32.1 Å². The van der Waals surface area contributed by atoms with Crippen molar-refractivity contribution in [3.8, 4) is 33.9 Å². The third-order valence-corrected chi connectivity index (χ3v) is 9.77. The van der Waals surface area contributed by atoms with E-state index in [-0.39, 0.29) is 30.9 Å². The summed E-state index contributed by atoms with van der Waals surface area (Å²) < 4.78 is 19.0. The van der Waals surface area contributed by atoms with Gasteiger partial charge >= 0.3 is 5.97 Å². The molecule has 1 saturated carbocycles. The predicted molar refractivity (Wildman–Crippen MR) is 179 cm³/mol. The van der Waals surface area contributed by atoms with Crippen molar-refractivity contribution in [3.05, 3.63) is 58.8 Å². The molecule has 0 unspecified atom stereocenters. The fraction of sp³-hybridized carbons (Fsp3) is 0.500. The Hall–Kier alpha value is -3.49. The van der Waals surface area contributed by atoms with E-state index >= 15 is 0 Å². The van der Waals surface area contributed by atoms with E-state index in [2.05, 4.69) is 9.47 Å². The van der Waals surface area contributed by atoms with Crippen LogP contribution in [0.3, 0.4) is 0 Å². The van der Waals surface area contributed by atoms with E-state index in [1.54, 1.807) is 14.2 Å². The van der Waals surface area contributed by atoms with Crippen LogP contribution in [0.25, 0.3) is 22.4 Å². The van der Waals surface area contributed by atoms with Gasteiger partial charge in [-0.1, -0.05) is 31.4 Å². The number of amides is 1. The van der Waals surface area contributed by atoms with Crippen molar-refractivity contribution in [2.24, 2.45) is 5.92 Å². The number of carbonyl (C=O) groups excluding carboxylic acids is 2. The van der Waals surface area contributed by atoms with E-state index in [0.717, 1.165) is 85.2 Å². The minimum absolute atomic E-state index is 0. The topological polar surface area (TPSA) is 73.2 Å². The lowest BCUT2D eigenvalue weighted by Crippen LogP contribution is -2.49. The lowest BCUT2D eigenvalue weighted by molar-refractivity contribution is 0.0527. The fourth-order valence-electron chi connectivity index (χ4n) is 7.49. The van der Waals surface area contributed by atoms with Crippen LogP contribution in [0.4, 0.5) is 0 Å². The van der Waals surface area contributed by atoms with E-state index in [0.29, 0.717) is 22.6 Å². The number of carbonyl (C=O) groups is 2. The van der Waals surface area contributed by atoms with Crippen LogP contribution in [0, 0.1) is 12.8 Å². The molecule has 2 aromatic carbocycles. The predicted octanol–water partition coefficient (Wildman–Crippen LogP) is 6.64. The van der Waals surface area contributed by atoms with Gasteiger partial charge in [-0.2, -0.15) is 0 Å². The molecule has 0 atom stereocenters. The number of piperazine rings is 1. The van der Waals surface area contributed by atoms with E-state index in [4.69, 9.17) is 14.2 Å². The molecule has 2 aliphatic heterocycles. The van der Waals surface area contributed by atoms with Gasteiger partial charge in [0, 0.05) is 61.7 Å². The zero-order valence-electron chi connectivity index (χ0n) is 27.0. The number of fused-ring (bicyclic) bond motifs is 3. The Morgan fingerprint density at radius 2 is 1.62 bits per heavy atom. The Morgan fingerprint density at radius 1 is 0.911 bits per heavy atom. The zero-order chi connectivity index (χ0) is 30.8. The highest BCUT2D eigenvalue weighted by Gasteiger charge is 2.33. The van der Waals surface area contributed by atoms with Crippen LogP contribution < -0.4 is 9.47 Å². The van der Waals surface area contributed by atoms with Gasteiger partial charge in [0.15, 0.2) is 11.5 Å². The normalized spacial score (nSPS) is 16.8. The number of hydrogen-bond acceptors (Lipinski definition) is 6. The first-order chi connectivity index (χ1) is 21.4. The summed E-state index contributed by atoms with van der Waals surface area (Å²) in [4.78, 5) is 32.0. The van der Waals surface area contributed by atoms with Gasteiger partial charge in [0.1, 0.15) is 0 Å². The van der Waals surface area contributed by atoms with Gasteiger partial charge in [0.25, 0.3) is 5.91 Å². The molecule has 8 nitrogen and oxygen atoms in total. The Labute approximate surface area is 273 Å². The molecule has 1 aliphatic carbocycles. The minimum atomic E-state index is -0.368. The molecule has 9 heteroatoms. The van der Waals surface area contributed by atoms with Crippen LogP contribution in [-0.4, -0.2) is 79.8 Å². The number of methoxy groups -OCH3 is 2. The average molecular weight is 636 g/mol. The van der Waals surface area contributed by atoms with Gasteiger partial charge in [-0.3, -0.25) is 9.69 Å². The molecule has 45 heavy (non-hydrogen) atoms. The van der Waals surface area contributed by atoms with Crippen LogP contribution in [-0.2, 0) is 17.7 Å². The lowest BCUT2D eigenvalue weighted by atomic mass is 9.89. The van der Waals surface area contributed by atoms with Gasteiger partial charge in [0.2, 0.25) is 0 Å². The lowest BCUT2D eigenvalue weighted by Gasteiger charge is -2.37. The molecule has 0 N–H and O–H groups in total. The van der Waals surface area contributed by atoms with Crippen LogP contribution in [0.2, 0.25) is 0 Å². The van der Waals surface area contributed by atoms with Crippen molar-refractivity contribution in [3.63, 3.8) is 0 Å². The van der Waals surface area contributed by atoms with Gasteiger partial charge in [-0.25, -0.2) is 4.79 Å². The highest BCUT2D eigenvalue weighted by molar-refractivity contribution is 6.06. The molecular formula is C36H46ClN3O5. The minimum Gasteiger partial charge on any atom is -0.493 e. The average Bonchev–Trinajstić information content (AvgIpc) is 3.37. The maximum absolute atomic E-state index is 13.8. The van der Waals surface area contributed by atoms with Crippen LogP contribution in [0.15, 0.2) is 36.4 Å². The quantitative estimate of drug-likeness (QED) is 0.259. The Bertz CT molecular complexity index is 1540. The van der Waals surface area contributed by atoms with Crippen molar-refractivity contribution in [2.75, 3.05) is 53.6 Å². The van der Waals surface area contributed by atoms with Crippen molar-refractivity contribution >= 4 is 24.3 Å². The molecule has 3 aromatic rings. The molecule has 0 spiro atoms. The molecule has 3 heterocycles. The summed E-state index contributed by atoms with van der Waals surface area (Å²) in [6, 6.07) is 11.7. The first kappa shape index (κ1) is 32.9. The molecule has 1 aromatic heterocycles. The molecule has 242 valence electrons. The molecule has 1 amide bonds. The summed E-state index contributed by atoms with van der Waals surface area (Å²) in [6.45, 7) is 9.36. The largest absolute Gasteiger partial charge is 0.493 e. The summed E-state index contributed by atoms with van der Waals surface area (Å²) in [6.07, 6.45) is 7.58. The number of ether oxygens (including phenoxy) is 3. The monoisotopic (exact) mass is 635 g/mol. The molecule has 2 fully saturated rings. The van der Waals surface area contributed by atoms with Crippen LogP contribution in [0.1, 0.15) is 71.0 Å². The Balaban J connectivity index is 0.00000400. The van der Waals surface area contributed by atoms with Crippen LogP contribution >= 0.6 is 12.4 Å². The molecule has 1 saturated heterocycles. The molecule has 6 rings (SSSR count). The number of benzene rings is 2. The highest BCUT2D eigenvalue weighted by Crippen LogP contribution is 2.45. The summed E-state index contributed by atoms with van der Waals surface area (Å²) >= 11 is 0. The van der Waals surface area contributed by atoms with E-state index in [1.807, 2.05) is 55.1 Å². The molecule has 0 bridgehead atoms. The fourth-order valence-corrected chi connectivity index (χ4v) is 7.49. The second kappa shape index (κ2) is 14.3.